The lowest BCUT2D eigenvalue weighted by Gasteiger charge is -2.01. The summed E-state index contributed by atoms with van der Waals surface area (Å²) in [5.41, 5.74) is 0.996. The minimum atomic E-state index is -0.569. The highest BCUT2D eigenvalue weighted by molar-refractivity contribution is 7.99. The minimum absolute atomic E-state index is 0.429. The van der Waals surface area contributed by atoms with E-state index >= 15 is 0 Å². The van der Waals surface area contributed by atoms with Crippen LogP contribution in [0.4, 0.5) is 5.69 Å². The van der Waals surface area contributed by atoms with Crippen LogP contribution in [0, 0.1) is 0 Å². The molecule has 3 rings (SSSR count). The van der Waals surface area contributed by atoms with E-state index in [-0.39, 0.29) is 0 Å². The van der Waals surface area contributed by atoms with Gasteiger partial charge >= 0.3 is 0 Å². The number of hydrogen-bond acceptors (Lipinski definition) is 4. The first-order valence-electron chi connectivity index (χ1n) is 4.91. The van der Waals surface area contributed by atoms with Crippen LogP contribution in [-0.4, -0.2) is 21.7 Å². The van der Waals surface area contributed by atoms with E-state index < -0.39 is 11.7 Å². The molecule has 0 fully saturated rings. The summed E-state index contributed by atoms with van der Waals surface area (Å²) in [7, 11) is 0. The van der Waals surface area contributed by atoms with E-state index in [9.17, 15) is 9.59 Å². The molecule has 1 aliphatic rings. The van der Waals surface area contributed by atoms with Crippen molar-refractivity contribution in [2.75, 3.05) is 5.32 Å². The Bertz CT molecular complexity index is 607. The van der Waals surface area contributed by atoms with Crippen molar-refractivity contribution in [1.29, 1.82) is 0 Å². The Hall–Kier alpha value is -2.08. The number of anilines is 1. The van der Waals surface area contributed by atoms with Crippen LogP contribution >= 0.6 is 11.8 Å². The van der Waals surface area contributed by atoms with E-state index in [4.69, 9.17) is 0 Å². The van der Waals surface area contributed by atoms with Gasteiger partial charge in [-0.3, -0.25) is 9.59 Å². The number of imidazole rings is 1. The molecule has 2 heterocycles. The lowest BCUT2D eigenvalue weighted by molar-refractivity contribution is -0.112. The third-order valence-corrected chi connectivity index (χ3v) is 3.28. The Morgan fingerprint density at radius 1 is 1.24 bits per heavy atom. The molecule has 6 heteroatoms. The van der Waals surface area contributed by atoms with Gasteiger partial charge in [-0.1, -0.05) is 11.8 Å². The summed E-state index contributed by atoms with van der Waals surface area (Å²) in [4.78, 5) is 30.5. The fraction of sp³-hybridized carbons (Fsp3) is 0. The van der Waals surface area contributed by atoms with Crippen molar-refractivity contribution in [3.8, 4) is 0 Å². The maximum Gasteiger partial charge on any atom is 0.296 e. The number of fused-ring (bicyclic) bond motifs is 1. The molecule has 0 saturated carbocycles. The molecule has 1 aromatic carbocycles. The molecular formula is C11H7N3O2S. The number of carbonyl (C=O) groups is 2. The summed E-state index contributed by atoms with van der Waals surface area (Å²) >= 11 is 1.43. The van der Waals surface area contributed by atoms with Gasteiger partial charge in [-0.05, 0) is 18.2 Å². The second-order valence-electron chi connectivity index (χ2n) is 3.49. The van der Waals surface area contributed by atoms with Gasteiger partial charge in [0.25, 0.3) is 11.7 Å². The molecule has 2 aromatic rings. The van der Waals surface area contributed by atoms with Crippen LogP contribution in [0.2, 0.25) is 0 Å². The maximum atomic E-state index is 11.4. The average Bonchev–Trinajstić information content (AvgIpc) is 2.89. The van der Waals surface area contributed by atoms with Gasteiger partial charge in [0.1, 0.15) is 0 Å². The molecule has 0 aliphatic carbocycles. The molecule has 0 bridgehead atoms. The first kappa shape index (κ1) is 10.1. The highest BCUT2D eigenvalue weighted by atomic mass is 32.2. The van der Waals surface area contributed by atoms with Crippen LogP contribution in [0.15, 0.2) is 40.6 Å². The molecule has 1 aromatic heterocycles. The number of H-pyrrole nitrogens is 1. The molecule has 0 saturated heterocycles. The molecule has 0 unspecified atom stereocenters. The van der Waals surface area contributed by atoms with Crippen molar-refractivity contribution < 1.29 is 9.59 Å². The molecule has 2 N–H and O–H groups in total. The molecule has 1 amide bonds. The number of Topliss-reactive ketones (excluding diaryl/α,β-unsaturated/α-hetero) is 1. The van der Waals surface area contributed by atoms with E-state index in [2.05, 4.69) is 15.3 Å². The zero-order chi connectivity index (χ0) is 11.8. The van der Waals surface area contributed by atoms with Gasteiger partial charge in [0, 0.05) is 17.3 Å². The fourth-order valence-electron chi connectivity index (χ4n) is 1.61. The predicted octanol–water partition coefficient (Wildman–Crippen LogP) is 1.70. The summed E-state index contributed by atoms with van der Waals surface area (Å²) in [5.74, 6) is -1.05. The van der Waals surface area contributed by atoms with Gasteiger partial charge in [0.15, 0.2) is 5.16 Å². The van der Waals surface area contributed by atoms with Crippen molar-refractivity contribution in [3.05, 3.63) is 36.2 Å². The Balaban J connectivity index is 1.93. The summed E-state index contributed by atoms with van der Waals surface area (Å²) < 4.78 is 0. The van der Waals surface area contributed by atoms with E-state index in [1.807, 2.05) is 0 Å². The van der Waals surface area contributed by atoms with E-state index in [0.29, 0.717) is 11.3 Å². The lowest BCUT2D eigenvalue weighted by atomic mass is 10.1. The van der Waals surface area contributed by atoms with Gasteiger partial charge in [0.2, 0.25) is 0 Å². The number of carbonyl (C=O) groups excluding carboxylic acids is 2. The van der Waals surface area contributed by atoms with Gasteiger partial charge in [0.05, 0.1) is 11.3 Å². The van der Waals surface area contributed by atoms with Gasteiger partial charge in [-0.25, -0.2) is 4.98 Å². The van der Waals surface area contributed by atoms with Gasteiger partial charge in [-0.15, -0.1) is 0 Å². The van der Waals surface area contributed by atoms with Crippen LogP contribution in [0.5, 0.6) is 0 Å². The van der Waals surface area contributed by atoms with E-state index in [1.165, 1.54) is 11.8 Å². The summed E-state index contributed by atoms with van der Waals surface area (Å²) in [5, 5.41) is 3.30. The van der Waals surface area contributed by atoms with Crippen molar-refractivity contribution in [1.82, 2.24) is 9.97 Å². The molecule has 0 atom stereocenters. The fourth-order valence-corrected chi connectivity index (χ4v) is 2.38. The molecule has 5 nitrogen and oxygen atoms in total. The maximum absolute atomic E-state index is 11.4. The van der Waals surface area contributed by atoms with Crippen LogP contribution in [-0.2, 0) is 4.79 Å². The number of rotatable bonds is 2. The highest BCUT2D eigenvalue weighted by Gasteiger charge is 2.27. The molecule has 0 spiro atoms. The third-order valence-electron chi connectivity index (χ3n) is 2.38. The standard InChI is InChI=1S/C11H7N3O2S/c15-9-7-2-1-6(5-8(7)14-10(9)16)17-11-12-3-4-13-11/h1-5H,(H,12,13)(H,14,15,16). The molecule has 0 radical (unpaired) electrons. The SMILES string of the molecule is O=C1Nc2cc(Sc3ncc[nH]3)ccc2C1=O. The number of aromatic amines is 1. The largest absolute Gasteiger partial charge is 0.339 e. The number of nitrogens with zero attached hydrogens (tertiary/aromatic N) is 1. The average molecular weight is 245 g/mol. The zero-order valence-corrected chi connectivity index (χ0v) is 9.38. The lowest BCUT2D eigenvalue weighted by Crippen LogP contribution is -2.12. The zero-order valence-electron chi connectivity index (χ0n) is 8.56. The summed E-state index contributed by atoms with van der Waals surface area (Å²) in [6.07, 6.45) is 3.40. The Kier molecular flexibility index (Phi) is 2.22. The second kappa shape index (κ2) is 3.74. The minimum Gasteiger partial charge on any atom is -0.339 e. The number of nitrogens with one attached hydrogen (secondary N) is 2. The summed E-state index contributed by atoms with van der Waals surface area (Å²) in [6.45, 7) is 0. The van der Waals surface area contributed by atoms with E-state index in [0.717, 1.165) is 10.1 Å². The molecular weight excluding hydrogens is 238 g/mol. The van der Waals surface area contributed by atoms with Crippen LogP contribution < -0.4 is 5.32 Å². The normalized spacial score (nSPS) is 13.6. The quantitative estimate of drug-likeness (QED) is 0.789. The monoisotopic (exact) mass is 245 g/mol. The Morgan fingerprint density at radius 3 is 2.88 bits per heavy atom. The summed E-state index contributed by atoms with van der Waals surface area (Å²) in [6, 6.07) is 5.22. The number of hydrogen-bond donors (Lipinski definition) is 2. The van der Waals surface area contributed by atoms with Crippen LogP contribution in [0.3, 0.4) is 0 Å². The van der Waals surface area contributed by atoms with Gasteiger partial charge in [-0.2, -0.15) is 0 Å². The van der Waals surface area contributed by atoms with Crippen LogP contribution in [0.1, 0.15) is 10.4 Å². The highest BCUT2D eigenvalue weighted by Crippen LogP contribution is 2.31. The number of benzene rings is 1. The number of amides is 1. The van der Waals surface area contributed by atoms with Crippen molar-refractivity contribution in [2.24, 2.45) is 0 Å². The topological polar surface area (TPSA) is 74.8 Å². The smallest absolute Gasteiger partial charge is 0.296 e. The number of ketones is 1. The first-order valence-corrected chi connectivity index (χ1v) is 5.72. The third kappa shape index (κ3) is 1.72. The Labute approximate surface area is 101 Å². The predicted molar refractivity (Wildman–Crippen MR) is 62.1 cm³/mol. The Morgan fingerprint density at radius 2 is 2.12 bits per heavy atom. The van der Waals surface area contributed by atoms with Crippen molar-refractivity contribution in [2.45, 2.75) is 10.1 Å². The first-order chi connectivity index (χ1) is 8.24. The van der Waals surface area contributed by atoms with E-state index in [1.54, 1.807) is 30.6 Å². The van der Waals surface area contributed by atoms with Crippen molar-refractivity contribution in [3.63, 3.8) is 0 Å². The molecule has 84 valence electrons. The van der Waals surface area contributed by atoms with Crippen molar-refractivity contribution >= 4 is 29.1 Å². The number of aromatic nitrogens is 2. The van der Waals surface area contributed by atoms with Crippen LogP contribution in [0.25, 0.3) is 0 Å². The molecule has 17 heavy (non-hydrogen) atoms. The second-order valence-corrected chi connectivity index (χ2v) is 4.55. The molecule has 1 aliphatic heterocycles. The van der Waals surface area contributed by atoms with Gasteiger partial charge < -0.3 is 10.3 Å².